The topological polar surface area (TPSA) is 29.5 Å². The normalized spacial score (nSPS) is 27.9. The molecule has 1 aromatic rings. The van der Waals surface area contributed by atoms with Gasteiger partial charge in [0.2, 0.25) is 0 Å². The summed E-state index contributed by atoms with van der Waals surface area (Å²) in [5.41, 5.74) is 0.809. The number of carbonyl (C=O) groups is 1. The summed E-state index contributed by atoms with van der Waals surface area (Å²) in [5.74, 6) is 1.19. The Balaban J connectivity index is 1.79. The van der Waals surface area contributed by atoms with Crippen LogP contribution in [0.5, 0.6) is 0 Å². The van der Waals surface area contributed by atoms with Crippen LogP contribution in [-0.4, -0.2) is 47.6 Å². The van der Waals surface area contributed by atoms with Crippen molar-refractivity contribution in [2.24, 2.45) is 0 Å². The summed E-state index contributed by atoms with van der Waals surface area (Å²) in [7, 11) is 0. The van der Waals surface area contributed by atoms with Crippen molar-refractivity contribution in [3.05, 3.63) is 20.8 Å². The van der Waals surface area contributed by atoms with E-state index in [1.165, 1.54) is 0 Å². The van der Waals surface area contributed by atoms with E-state index in [1.54, 1.807) is 11.3 Å². The summed E-state index contributed by atoms with van der Waals surface area (Å²) in [4.78, 5) is 14.6. The average Bonchev–Trinajstić information content (AvgIpc) is 2.84. The number of amides is 1. The summed E-state index contributed by atoms with van der Waals surface area (Å²) in [5, 5.41) is 2.39. The molecule has 3 heterocycles. The van der Waals surface area contributed by atoms with Gasteiger partial charge in [-0.15, -0.1) is 11.3 Å². The Labute approximate surface area is 123 Å². The van der Waals surface area contributed by atoms with Crippen molar-refractivity contribution in [1.29, 1.82) is 0 Å². The zero-order chi connectivity index (χ0) is 12.5. The van der Waals surface area contributed by atoms with Crippen LogP contribution in [0.2, 0.25) is 0 Å². The number of nitrogens with zero attached hydrogens (tertiary/aromatic N) is 1. The van der Waals surface area contributed by atoms with Crippen LogP contribution in [0.4, 0.5) is 0 Å². The van der Waals surface area contributed by atoms with Crippen molar-refractivity contribution >= 4 is 44.9 Å². The number of hydrogen-bond donors (Lipinski definition) is 0. The molecule has 2 aliphatic rings. The lowest BCUT2D eigenvalue weighted by Crippen LogP contribution is -2.54. The number of thioether (sulfide) groups is 1. The van der Waals surface area contributed by atoms with E-state index >= 15 is 0 Å². The first-order valence-corrected chi connectivity index (χ1v) is 8.72. The van der Waals surface area contributed by atoms with Gasteiger partial charge in [-0.1, -0.05) is 0 Å². The molecule has 0 N–H and O–H groups in total. The fourth-order valence-electron chi connectivity index (χ4n) is 2.52. The minimum atomic E-state index is 0.175. The Morgan fingerprint density at radius 1 is 1.56 bits per heavy atom. The third-order valence-electron chi connectivity index (χ3n) is 3.41. The second-order valence-electron chi connectivity index (χ2n) is 4.48. The molecular formula is C12H14BrNO2S2. The zero-order valence-corrected chi connectivity index (χ0v) is 13.0. The van der Waals surface area contributed by atoms with E-state index < -0.39 is 0 Å². The van der Waals surface area contributed by atoms with Gasteiger partial charge in [0.15, 0.2) is 0 Å². The van der Waals surface area contributed by atoms with Crippen LogP contribution in [0, 0.1) is 0 Å². The predicted octanol–water partition coefficient (Wildman–Crippen LogP) is 2.86. The number of halogens is 1. The molecule has 0 unspecified atom stereocenters. The molecule has 2 aliphatic heterocycles. The summed E-state index contributed by atoms with van der Waals surface area (Å²) >= 11 is 6.93. The quantitative estimate of drug-likeness (QED) is 0.782. The number of hydrogen-bond acceptors (Lipinski definition) is 4. The van der Waals surface area contributed by atoms with Crippen LogP contribution < -0.4 is 0 Å². The maximum absolute atomic E-state index is 12.5. The Kier molecular flexibility index (Phi) is 3.98. The van der Waals surface area contributed by atoms with E-state index in [1.807, 2.05) is 23.2 Å². The second kappa shape index (κ2) is 5.53. The molecule has 1 amide bonds. The maximum Gasteiger partial charge on any atom is 0.255 e. The van der Waals surface area contributed by atoms with Gasteiger partial charge in [-0.25, -0.2) is 0 Å². The van der Waals surface area contributed by atoms with Crippen LogP contribution in [0.1, 0.15) is 16.8 Å². The fourth-order valence-corrected chi connectivity index (χ4v) is 4.96. The van der Waals surface area contributed by atoms with Crippen molar-refractivity contribution in [1.82, 2.24) is 4.90 Å². The molecule has 0 spiro atoms. The monoisotopic (exact) mass is 347 g/mol. The number of fused-ring (bicyclic) bond motifs is 1. The largest absolute Gasteiger partial charge is 0.380 e. The molecule has 2 atom stereocenters. The van der Waals surface area contributed by atoms with Gasteiger partial charge in [-0.2, -0.15) is 11.8 Å². The fraction of sp³-hybridized carbons (Fsp3) is 0.583. The number of ether oxygens (including phenoxy) is 1. The van der Waals surface area contributed by atoms with E-state index in [0.717, 1.165) is 41.3 Å². The second-order valence-corrected chi connectivity index (χ2v) is 8.12. The molecule has 6 heteroatoms. The molecule has 0 aliphatic carbocycles. The molecule has 2 fully saturated rings. The zero-order valence-electron chi connectivity index (χ0n) is 9.80. The van der Waals surface area contributed by atoms with Crippen LogP contribution in [0.3, 0.4) is 0 Å². The van der Waals surface area contributed by atoms with Gasteiger partial charge in [-0.05, 0) is 28.4 Å². The molecular weight excluding hydrogens is 334 g/mol. The van der Waals surface area contributed by atoms with Crippen LogP contribution in [-0.2, 0) is 4.74 Å². The molecule has 0 saturated carbocycles. The minimum Gasteiger partial charge on any atom is -0.380 e. The first-order chi connectivity index (χ1) is 8.75. The van der Waals surface area contributed by atoms with Gasteiger partial charge in [0.25, 0.3) is 5.91 Å². The number of rotatable bonds is 1. The van der Waals surface area contributed by atoms with Gasteiger partial charge >= 0.3 is 0 Å². The maximum atomic E-state index is 12.5. The molecule has 3 rings (SSSR count). The first kappa shape index (κ1) is 13.0. The van der Waals surface area contributed by atoms with E-state index in [4.69, 9.17) is 4.74 Å². The van der Waals surface area contributed by atoms with Crippen LogP contribution >= 0.6 is 39.0 Å². The third-order valence-corrected chi connectivity index (χ3v) is 6.21. The standard InChI is InChI=1S/C12H14BrNO2S2/c13-11-5-8(7-18-11)12(15)14-2-4-17-10-6-16-3-1-9(10)14/h5,7,9-10H,1-4,6H2/t9-,10-/m0/s1. The first-order valence-electron chi connectivity index (χ1n) is 6.00. The van der Waals surface area contributed by atoms with Gasteiger partial charge in [0.1, 0.15) is 0 Å². The van der Waals surface area contributed by atoms with Gasteiger partial charge < -0.3 is 9.64 Å². The van der Waals surface area contributed by atoms with Crippen molar-refractivity contribution in [2.75, 3.05) is 25.5 Å². The molecule has 18 heavy (non-hydrogen) atoms. The Morgan fingerprint density at radius 3 is 3.22 bits per heavy atom. The summed E-state index contributed by atoms with van der Waals surface area (Å²) < 4.78 is 6.53. The highest BCUT2D eigenvalue weighted by molar-refractivity contribution is 9.11. The SMILES string of the molecule is O=C(c1csc(Br)c1)N1CCS[C@H]2COCC[C@@H]21. The lowest BCUT2D eigenvalue weighted by Gasteiger charge is -2.43. The van der Waals surface area contributed by atoms with E-state index in [9.17, 15) is 4.79 Å². The predicted molar refractivity (Wildman–Crippen MR) is 78.5 cm³/mol. The van der Waals surface area contributed by atoms with Gasteiger partial charge in [0.05, 0.1) is 16.0 Å². The Bertz CT molecular complexity index is 449. The third kappa shape index (κ3) is 2.48. The van der Waals surface area contributed by atoms with Gasteiger partial charge in [0, 0.05) is 35.6 Å². The molecule has 3 nitrogen and oxygen atoms in total. The highest BCUT2D eigenvalue weighted by Crippen LogP contribution is 2.32. The van der Waals surface area contributed by atoms with Crippen molar-refractivity contribution in [2.45, 2.75) is 17.7 Å². The molecule has 1 aromatic heterocycles. The molecule has 0 radical (unpaired) electrons. The highest BCUT2D eigenvalue weighted by Gasteiger charge is 2.37. The summed E-state index contributed by atoms with van der Waals surface area (Å²) in [6, 6.07) is 2.27. The van der Waals surface area contributed by atoms with Crippen molar-refractivity contribution in [3.63, 3.8) is 0 Å². The lowest BCUT2D eigenvalue weighted by atomic mass is 10.1. The number of thiophene rings is 1. The smallest absolute Gasteiger partial charge is 0.255 e. The molecule has 0 aromatic carbocycles. The van der Waals surface area contributed by atoms with Crippen LogP contribution in [0.25, 0.3) is 0 Å². The Hall–Kier alpha value is -0.0400. The molecule has 2 saturated heterocycles. The highest BCUT2D eigenvalue weighted by atomic mass is 79.9. The molecule has 98 valence electrons. The Morgan fingerprint density at radius 2 is 2.44 bits per heavy atom. The average molecular weight is 348 g/mol. The summed E-state index contributed by atoms with van der Waals surface area (Å²) in [6.07, 6.45) is 0.967. The molecule has 0 bridgehead atoms. The number of carbonyl (C=O) groups excluding carboxylic acids is 1. The van der Waals surface area contributed by atoms with E-state index in [0.29, 0.717) is 11.3 Å². The van der Waals surface area contributed by atoms with Crippen molar-refractivity contribution < 1.29 is 9.53 Å². The van der Waals surface area contributed by atoms with E-state index in [2.05, 4.69) is 20.8 Å². The van der Waals surface area contributed by atoms with Crippen LogP contribution in [0.15, 0.2) is 15.2 Å². The summed E-state index contributed by atoms with van der Waals surface area (Å²) in [6.45, 7) is 2.42. The van der Waals surface area contributed by atoms with Gasteiger partial charge in [-0.3, -0.25) is 4.79 Å². The van der Waals surface area contributed by atoms with E-state index in [-0.39, 0.29) is 5.91 Å². The minimum absolute atomic E-state index is 0.175. The lowest BCUT2D eigenvalue weighted by molar-refractivity contribution is 0.0319. The van der Waals surface area contributed by atoms with Crippen molar-refractivity contribution in [3.8, 4) is 0 Å².